The molecule has 1 N–H and O–H groups in total. The van der Waals surface area contributed by atoms with E-state index in [4.69, 9.17) is 9.15 Å². The van der Waals surface area contributed by atoms with Crippen LogP contribution in [-0.2, 0) is 0 Å². The summed E-state index contributed by atoms with van der Waals surface area (Å²) in [5, 5.41) is 3.62. The largest absolute Gasteiger partial charge is 0.496 e. The van der Waals surface area contributed by atoms with Gasteiger partial charge in [0.2, 0.25) is 0 Å². The number of furan rings is 1. The number of hydrogen-bond acceptors (Lipinski definition) is 3. The Balaban J connectivity index is 1.71. The highest BCUT2D eigenvalue weighted by Crippen LogP contribution is 2.34. The van der Waals surface area contributed by atoms with Gasteiger partial charge in [-0.2, -0.15) is 0 Å². The highest BCUT2D eigenvalue weighted by Gasteiger charge is 2.20. The van der Waals surface area contributed by atoms with E-state index in [1.807, 2.05) is 36.4 Å². The van der Waals surface area contributed by atoms with Gasteiger partial charge in [-0.25, -0.2) is 0 Å². The van der Waals surface area contributed by atoms with Crippen LogP contribution < -0.4 is 10.1 Å². The van der Waals surface area contributed by atoms with Crippen molar-refractivity contribution in [2.75, 3.05) is 13.7 Å². The molecule has 0 amide bonds. The third kappa shape index (κ3) is 4.31. The second-order valence-electron chi connectivity index (χ2n) is 6.19. The number of rotatable bonds is 8. The third-order valence-electron chi connectivity index (χ3n) is 4.58. The molecule has 130 valence electrons. The molecular weight excluding hydrogens is 310 g/mol. The molecule has 0 fully saturated rings. The van der Waals surface area contributed by atoms with Crippen LogP contribution in [0.15, 0.2) is 77.4 Å². The maximum Gasteiger partial charge on any atom is 0.122 e. The maximum absolute atomic E-state index is 5.71. The van der Waals surface area contributed by atoms with Crippen molar-refractivity contribution in [3.05, 3.63) is 89.9 Å². The topological polar surface area (TPSA) is 34.4 Å². The van der Waals surface area contributed by atoms with E-state index in [1.54, 1.807) is 13.4 Å². The number of para-hydroxylation sites is 1. The summed E-state index contributed by atoms with van der Waals surface area (Å²) >= 11 is 0. The molecule has 0 radical (unpaired) electrons. The predicted octanol–water partition coefficient (Wildman–Crippen LogP) is 5.16. The van der Waals surface area contributed by atoms with Crippen LogP contribution >= 0.6 is 0 Å². The average Bonchev–Trinajstić information content (AvgIpc) is 3.20. The van der Waals surface area contributed by atoms with Gasteiger partial charge in [-0.3, -0.25) is 0 Å². The van der Waals surface area contributed by atoms with Gasteiger partial charge in [0.15, 0.2) is 0 Å². The number of methoxy groups -OCH3 is 1. The minimum atomic E-state index is 0.168. The number of hydrogen-bond donors (Lipinski definition) is 1. The van der Waals surface area contributed by atoms with E-state index in [2.05, 4.69) is 42.6 Å². The van der Waals surface area contributed by atoms with E-state index in [0.717, 1.165) is 30.0 Å². The standard InChI is InChI=1S/C22H25NO2/c1-17(18-9-4-3-5-10-18)23-15-14-20(22-13-8-16-25-22)19-11-6-7-12-21(19)24-2/h3-13,16-17,20,23H,14-15H2,1-2H3/t17-,20+/m1/s1. The van der Waals surface area contributed by atoms with Gasteiger partial charge in [0.25, 0.3) is 0 Å². The van der Waals surface area contributed by atoms with Crippen molar-refractivity contribution in [3.8, 4) is 5.75 Å². The Kier molecular flexibility index (Phi) is 5.91. The van der Waals surface area contributed by atoms with Crippen molar-refractivity contribution < 1.29 is 9.15 Å². The van der Waals surface area contributed by atoms with E-state index in [1.165, 1.54) is 5.56 Å². The Hall–Kier alpha value is -2.52. The Morgan fingerprint density at radius 3 is 2.44 bits per heavy atom. The van der Waals surface area contributed by atoms with Gasteiger partial charge in [0.05, 0.1) is 13.4 Å². The number of ether oxygens (including phenoxy) is 1. The lowest BCUT2D eigenvalue weighted by Crippen LogP contribution is -2.21. The van der Waals surface area contributed by atoms with E-state index >= 15 is 0 Å². The van der Waals surface area contributed by atoms with Crippen molar-refractivity contribution in [1.29, 1.82) is 0 Å². The molecule has 1 heterocycles. The van der Waals surface area contributed by atoms with Crippen LogP contribution in [-0.4, -0.2) is 13.7 Å². The van der Waals surface area contributed by atoms with E-state index in [9.17, 15) is 0 Å². The summed E-state index contributed by atoms with van der Waals surface area (Å²) in [6, 6.07) is 23.0. The fourth-order valence-corrected chi connectivity index (χ4v) is 3.20. The quantitative estimate of drug-likeness (QED) is 0.617. The molecule has 2 aromatic carbocycles. The first-order valence-electron chi connectivity index (χ1n) is 8.74. The Morgan fingerprint density at radius 1 is 0.960 bits per heavy atom. The van der Waals surface area contributed by atoms with Gasteiger partial charge >= 0.3 is 0 Å². The van der Waals surface area contributed by atoms with Crippen LogP contribution in [0.5, 0.6) is 5.75 Å². The van der Waals surface area contributed by atoms with Crippen molar-refractivity contribution in [2.24, 2.45) is 0 Å². The van der Waals surface area contributed by atoms with Crippen LogP contribution in [0, 0.1) is 0 Å². The zero-order chi connectivity index (χ0) is 17.5. The summed E-state index contributed by atoms with van der Waals surface area (Å²) in [6.45, 7) is 3.08. The van der Waals surface area contributed by atoms with E-state index < -0.39 is 0 Å². The number of benzene rings is 2. The number of nitrogens with one attached hydrogen (secondary N) is 1. The minimum absolute atomic E-state index is 0.168. The molecule has 0 saturated carbocycles. The lowest BCUT2D eigenvalue weighted by Gasteiger charge is -2.20. The van der Waals surface area contributed by atoms with Crippen molar-refractivity contribution in [2.45, 2.75) is 25.3 Å². The predicted molar refractivity (Wildman–Crippen MR) is 101 cm³/mol. The van der Waals surface area contributed by atoms with Crippen molar-refractivity contribution >= 4 is 0 Å². The molecule has 3 aromatic rings. The Bertz CT molecular complexity index is 753. The van der Waals surface area contributed by atoms with Crippen molar-refractivity contribution in [3.63, 3.8) is 0 Å². The zero-order valence-electron chi connectivity index (χ0n) is 14.8. The highest BCUT2D eigenvalue weighted by atomic mass is 16.5. The molecular formula is C22H25NO2. The van der Waals surface area contributed by atoms with Crippen LogP contribution in [0.3, 0.4) is 0 Å². The monoisotopic (exact) mass is 335 g/mol. The normalized spacial score (nSPS) is 13.4. The molecule has 1 aromatic heterocycles. The molecule has 0 aliphatic carbocycles. The third-order valence-corrected chi connectivity index (χ3v) is 4.58. The fourth-order valence-electron chi connectivity index (χ4n) is 3.20. The summed E-state index contributed by atoms with van der Waals surface area (Å²) in [4.78, 5) is 0. The molecule has 0 unspecified atom stereocenters. The van der Waals surface area contributed by atoms with Gasteiger partial charge in [0.1, 0.15) is 11.5 Å². The Morgan fingerprint density at radius 2 is 1.72 bits per heavy atom. The molecule has 0 bridgehead atoms. The van der Waals surface area contributed by atoms with Crippen molar-refractivity contribution in [1.82, 2.24) is 5.32 Å². The molecule has 2 atom stereocenters. The summed E-state index contributed by atoms with van der Waals surface area (Å²) in [5.74, 6) is 2.04. The lowest BCUT2D eigenvalue weighted by molar-refractivity contribution is 0.397. The summed E-state index contributed by atoms with van der Waals surface area (Å²) in [5.41, 5.74) is 2.46. The first-order chi connectivity index (χ1) is 12.3. The Labute approximate surface area is 149 Å². The molecule has 25 heavy (non-hydrogen) atoms. The molecule has 0 saturated heterocycles. The van der Waals surface area contributed by atoms with Crippen LogP contribution in [0.4, 0.5) is 0 Å². The second-order valence-corrected chi connectivity index (χ2v) is 6.19. The molecule has 3 nitrogen and oxygen atoms in total. The van der Waals surface area contributed by atoms with Gasteiger partial charge < -0.3 is 14.5 Å². The van der Waals surface area contributed by atoms with E-state index in [0.29, 0.717) is 6.04 Å². The molecule has 0 aliphatic rings. The maximum atomic E-state index is 5.71. The first-order valence-corrected chi connectivity index (χ1v) is 8.74. The molecule has 0 spiro atoms. The highest BCUT2D eigenvalue weighted by molar-refractivity contribution is 5.40. The zero-order valence-corrected chi connectivity index (χ0v) is 14.8. The molecule has 3 rings (SSSR count). The summed E-state index contributed by atoms with van der Waals surface area (Å²) < 4.78 is 11.3. The van der Waals surface area contributed by atoms with E-state index in [-0.39, 0.29) is 5.92 Å². The van der Waals surface area contributed by atoms with Gasteiger partial charge in [-0.15, -0.1) is 0 Å². The van der Waals surface area contributed by atoms with Gasteiger partial charge in [-0.1, -0.05) is 48.5 Å². The minimum Gasteiger partial charge on any atom is -0.496 e. The first kappa shape index (κ1) is 17.3. The fraction of sp³-hybridized carbons (Fsp3) is 0.273. The molecule has 0 aliphatic heterocycles. The lowest BCUT2D eigenvalue weighted by atomic mass is 9.92. The summed E-state index contributed by atoms with van der Waals surface area (Å²) in [6.07, 6.45) is 2.67. The van der Waals surface area contributed by atoms with Gasteiger partial charge in [0, 0.05) is 17.5 Å². The smallest absolute Gasteiger partial charge is 0.122 e. The summed E-state index contributed by atoms with van der Waals surface area (Å²) in [7, 11) is 1.72. The van der Waals surface area contributed by atoms with Crippen LogP contribution in [0.25, 0.3) is 0 Å². The van der Waals surface area contributed by atoms with Crippen LogP contribution in [0.1, 0.15) is 42.2 Å². The molecule has 3 heteroatoms. The SMILES string of the molecule is COc1ccccc1[C@H](CCN[C@H](C)c1ccccc1)c1ccco1. The second kappa shape index (κ2) is 8.54. The van der Waals surface area contributed by atoms with Gasteiger partial charge in [-0.05, 0) is 43.7 Å². The van der Waals surface area contributed by atoms with Crippen LogP contribution in [0.2, 0.25) is 0 Å². The average molecular weight is 335 g/mol.